The van der Waals surface area contributed by atoms with Crippen molar-refractivity contribution in [1.29, 1.82) is 0 Å². The van der Waals surface area contributed by atoms with Crippen LogP contribution in [0.1, 0.15) is 24.8 Å². The van der Waals surface area contributed by atoms with Gasteiger partial charge in [-0.3, -0.25) is 4.79 Å². The fourth-order valence-electron chi connectivity index (χ4n) is 2.52. The van der Waals surface area contributed by atoms with Crippen LogP contribution in [0.25, 0.3) is 0 Å². The smallest absolute Gasteiger partial charge is 0.223 e. The Hall–Kier alpha value is -1.52. The van der Waals surface area contributed by atoms with Crippen LogP contribution in [0.4, 0.5) is 0 Å². The molecular formula is C16H23ClN2O2. The first kappa shape index (κ1) is 17.5. The molecule has 0 spiro atoms. The van der Waals surface area contributed by atoms with Crippen molar-refractivity contribution < 1.29 is 9.53 Å². The fourth-order valence-corrected chi connectivity index (χ4v) is 2.52. The molecule has 0 aromatic heterocycles. The maximum absolute atomic E-state index is 12.1. The third-order valence-corrected chi connectivity index (χ3v) is 3.63. The zero-order valence-corrected chi connectivity index (χ0v) is 12.9. The van der Waals surface area contributed by atoms with Crippen molar-refractivity contribution in [2.75, 3.05) is 6.61 Å². The maximum atomic E-state index is 12.1. The Morgan fingerprint density at radius 3 is 2.86 bits per heavy atom. The summed E-state index contributed by atoms with van der Waals surface area (Å²) in [5.74, 6) is 0.943. The second kappa shape index (κ2) is 8.70. The summed E-state index contributed by atoms with van der Waals surface area (Å²) in [4.78, 5) is 12.1. The largest absolute Gasteiger partial charge is 0.489 e. The van der Waals surface area contributed by atoms with Gasteiger partial charge in [0.05, 0.1) is 0 Å². The first-order valence-electron chi connectivity index (χ1n) is 7.05. The van der Waals surface area contributed by atoms with E-state index in [4.69, 9.17) is 10.5 Å². The van der Waals surface area contributed by atoms with Gasteiger partial charge in [-0.1, -0.05) is 30.9 Å². The van der Waals surface area contributed by atoms with Gasteiger partial charge >= 0.3 is 0 Å². The first-order chi connectivity index (χ1) is 9.70. The van der Waals surface area contributed by atoms with E-state index >= 15 is 0 Å². The van der Waals surface area contributed by atoms with E-state index in [2.05, 4.69) is 11.9 Å². The Morgan fingerprint density at radius 1 is 1.43 bits per heavy atom. The van der Waals surface area contributed by atoms with Crippen LogP contribution in [0.15, 0.2) is 36.9 Å². The number of rotatable bonds is 6. The van der Waals surface area contributed by atoms with Crippen LogP contribution in [0.5, 0.6) is 5.75 Å². The van der Waals surface area contributed by atoms with Crippen molar-refractivity contribution in [3.63, 3.8) is 0 Å². The Morgan fingerprint density at radius 2 is 2.19 bits per heavy atom. The third kappa shape index (κ3) is 5.06. The molecule has 116 valence electrons. The van der Waals surface area contributed by atoms with Crippen molar-refractivity contribution >= 4 is 18.3 Å². The van der Waals surface area contributed by atoms with Crippen LogP contribution in [0.3, 0.4) is 0 Å². The molecule has 1 aliphatic carbocycles. The molecule has 1 aliphatic rings. The lowest BCUT2D eigenvalue weighted by Crippen LogP contribution is -2.30. The lowest BCUT2D eigenvalue weighted by atomic mass is 10.1. The summed E-state index contributed by atoms with van der Waals surface area (Å²) < 4.78 is 5.57. The molecule has 1 fully saturated rings. The average molecular weight is 311 g/mol. The van der Waals surface area contributed by atoms with Crippen LogP contribution in [0, 0.1) is 5.92 Å². The van der Waals surface area contributed by atoms with Gasteiger partial charge in [0, 0.05) is 24.1 Å². The minimum absolute atomic E-state index is 0. The highest BCUT2D eigenvalue weighted by Gasteiger charge is 2.27. The molecule has 1 aromatic carbocycles. The number of ether oxygens (including phenoxy) is 1. The van der Waals surface area contributed by atoms with Crippen molar-refractivity contribution in [2.45, 2.75) is 31.8 Å². The number of benzene rings is 1. The van der Waals surface area contributed by atoms with Crippen molar-refractivity contribution in [3.8, 4) is 5.75 Å². The molecule has 0 aliphatic heterocycles. The van der Waals surface area contributed by atoms with E-state index in [0.29, 0.717) is 13.2 Å². The number of nitrogens with one attached hydrogen (secondary N) is 1. The van der Waals surface area contributed by atoms with Crippen LogP contribution >= 0.6 is 12.4 Å². The second-order valence-electron chi connectivity index (χ2n) is 5.20. The van der Waals surface area contributed by atoms with E-state index in [0.717, 1.165) is 30.6 Å². The summed E-state index contributed by atoms with van der Waals surface area (Å²) in [6, 6.07) is 7.89. The summed E-state index contributed by atoms with van der Waals surface area (Å²) in [5.41, 5.74) is 6.82. The SMILES string of the molecule is C=CCOc1ccccc1CNC(=O)C1CCC(N)C1.Cl. The van der Waals surface area contributed by atoms with Crippen LogP contribution in [0.2, 0.25) is 0 Å². The molecule has 4 nitrogen and oxygen atoms in total. The predicted molar refractivity (Wildman–Crippen MR) is 86.5 cm³/mol. The molecule has 1 aromatic rings. The van der Waals surface area contributed by atoms with Crippen molar-refractivity contribution in [1.82, 2.24) is 5.32 Å². The van der Waals surface area contributed by atoms with Gasteiger partial charge in [-0.05, 0) is 25.3 Å². The first-order valence-corrected chi connectivity index (χ1v) is 7.05. The van der Waals surface area contributed by atoms with Crippen molar-refractivity contribution in [2.24, 2.45) is 11.7 Å². The summed E-state index contributed by atoms with van der Waals surface area (Å²) in [6.45, 7) is 4.58. The van der Waals surface area contributed by atoms with Gasteiger partial charge in [0.25, 0.3) is 0 Å². The summed E-state index contributed by atoms with van der Waals surface area (Å²) in [6.07, 6.45) is 4.33. The van der Waals surface area contributed by atoms with E-state index in [9.17, 15) is 4.79 Å². The predicted octanol–water partition coefficient (Wildman–Crippen LogP) is 2.42. The van der Waals surface area contributed by atoms with Gasteiger partial charge in [0.1, 0.15) is 12.4 Å². The number of amides is 1. The number of halogens is 1. The Balaban J connectivity index is 0.00000220. The molecule has 2 rings (SSSR count). The third-order valence-electron chi connectivity index (χ3n) is 3.63. The van der Waals surface area contributed by atoms with Gasteiger partial charge in [-0.2, -0.15) is 0 Å². The summed E-state index contributed by atoms with van der Waals surface area (Å²) >= 11 is 0. The topological polar surface area (TPSA) is 64.3 Å². The molecule has 0 heterocycles. The lowest BCUT2D eigenvalue weighted by molar-refractivity contribution is -0.125. The Kier molecular flexibility index (Phi) is 7.26. The molecule has 3 N–H and O–H groups in total. The molecule has 5 heteroatoms. The fraction of sp³-hybridized carbons (Fsp3) is 0.438. The highest BCUT2D eigenvalue weighted by atomic mass is 35.5. The maximum Gasteiger partial charge on any atom is 0.223 e. The zero-order chi connectivity index (χ0) is 14.4. The second-order valence-corrected chi connectivity index (χ2v) is 5.20. The van der Waals surface area contributed by atoms with Crippen LogP contribution < -0.4 is 15.8 Å². The number of nitrogens with two attached hydrogens (primary N) is 1. The van der Waals surface area contributed by atoms with E-state index in [-0.39, 0.29) is 30.3 Å². The van der Waals surface area contributed by atoms with Crippen LogP contribution in [-0.4, -0.2) is 18.6 Å². The molecule has 0 bridgehead atoms. The normalized spacial score (nSPS) is 20.4. The number of carbonyl (C=O) groups is 1. The standard InChI is InChI=1S/C16H22N2O2.ClH/c1-2-9-20-15-6-4-3-5-13(15)11-18-16(19)12-7-8-14(17)10-12;/h2-6,12,14H,1,7-11,17H2,(H,18,19);1H. The van der Waals surface area contributed by atoms with Gasteiger partial charge in [-0.25, -0.2) is 0 Å². The highest BCUT2D eigenvalue weighted by Crippen LogP contribution is 2.24. The van der Waals surface area contributed by atoms with E-state index < -0.39 is 0 Å². The minimum atomic E-state index is 0. The zero-order valence-electron chi connectivity index (χ0n) is 12.1. The van der Waals surface area contributed by atoms with Gasteiger partial charge in [0.15, 0.2) is 0 Å². The van der Waals surface area contributed by atoms with Gasteiger partial charge in [-0.15, -0.1) is 12.4 Å². The molecule has 1 amide bonds. The van der Waals surface area contributed by atoms with Gasteiger partial charge < -0.3 is 15.8 Å². The molecule has 0 saturated heterocycles. The number of hydrogen-bond donors (Lipinski definition) is 2. The average Bonchev–Trinajstić information content (AvgIpc) is 2.90. The van der Waals surface area contributed by atoms with Crippen molar-refractivity contribution in [3.05, 3.63) is 42.5 Å². The number of hydrogen-bond acceptors (Lipinski definition) is 3. The van der Waals surface area contributed by atoms with Crippen LogP contribution in [-0.2, 0) is 11.3 Å². The lowest BCUT2D eigenvalue weighted by Gasteiger charge is -2.13. The molecule has 21 heavy (non-hydrogen) atoms. The number of carbonyl (C=O) groups excluding carboxylic acids is 1. The number of para-hydroxylation sites is 1. The monoisotopic (exact) mass is 310 g/mol. The van der Waals surface area contributed by atoms with Gasteiger partial charge in [0.2, 0.25) is 5.91 Å². The Bertz CT molecular complexity index is 479. The highest BCUT2D eigenvalue weighted by molar-refractivity contribution is 5.85. The van der Waals surface area contributed by atoms with E-state index in [1.54, 1.807) is 6.08 Å². The quantitative estimate of drug-likeness (QED) is 0.793. The Labute approximate surface area is 132 Å². The summed E-state index contributed by atoms with van der Waals surface area (Å²) in [7, 11) is 0. The molecule has 2 unspecified atom stereocenters. The minimum Gasteiger partial charge on any atom is -0.489 e. The summed E-state index contributed by atoms with van der Waals surface area (Å²) in [5, 5.41) is 2.98. The molecule has 1 saturated carbocycles. The van der Waals surface area contributed by atoms with E-state index in [1.165, 1.54) is 0 Å². The molecule has 0 radical (unpaired) electrons. The molecular weight excluding hydrogens is 288 g/mol. The van der Waals surface area contributed by atoms with E-state index in [1.807, 2.05) is 24.3 Å². The molecule has 2 atom stereocenters.